The van der Waals surface area contributed by atoms with Crippen LogP contribution in [0.5, 0.6) is 0 Å². The third-order valence-electron chi connectivity index (χ3n) is 13.1. The second-order valence-corrected chi connectivity index (χ2v) is 16.1. The van der Waals surface area contributed by atoms with Crippen LogP contribution in [-0.4, -0.2) is 55.0 Å². The lowest BCUT2D eigenvalue weighted by Crippen LogP contribution is -2.71. The molecule has 0 bridgehead atoms. The zero-order valence-corrected chi connectivity index (χ0v) is 28.2. The minimum atomic E-state index is -0.845. The van der Waals surface area contributed by atoms with E-state index in [2.05, 4.69) is 45.3 Å². The molecule has 4 aliphatic rings. The smallest absolute Gasteiger partial charge is 0.302 e. The molecule has 5 N–H and O–H groups in total. The Morgan fingerprint density at radius 1 is 0.952 bits per heavy atom. The highest BCUT2D eigenvalue weighted by atomic mass is 16.5. The number of carbonyl (C=O) groups excluding carboxylic acids is 1. The van der Waals surface area contributed by atoms with Gasteiger partial charge in [-0.15, -0.1) is 0 Å². The number of unbranched alkanes of at least 4 members (excludes halogenated alkanes) is 1. The van der Waals surface area contributed by atoms with Gasteiger partial charge in [-0.2, -0.15) is 0 Å². The minimum Gasteiger partial charge on any atom is -0.462 e. The summed E-state index contributed by atoms with van der Waals surface area (Å²) in [6.45, 7) is 17.5. The molecule has 42 heavy (non-hydrogen) atoms. The molecule has 0 aromatic carbocycles. The number of fused-ring (bicyclic) bond motifs is 5. The molecule has 0 aromatic heterocycles. The molecule has 0 saturated heterocycles. The van der Waals surface area contributed by atoms with Gasteiger partial charge in [-0.25, -0.2) is 0 Å². The summed E-state index contributed by atoms with van der Waals surface area (Å²) in [7, 11) is 0. The summed E-state index contributed by atoms with van der Waals surface area (Å²) < 4.78 is 5.75. The molecule has 0 heterocycles. The number of nitrogens with one attached hydrogen (secondary N) is 2. The number of rotatable bonds is 15. The standard InChI is InChI=1S/C36H67N3O3/c1-25(2)11-9-12-26(3)30-13-14-31-29-23-33(39-22-8-7-20-38-21-10-19-37)36(41)24-28(42-27(4)40)15-18-35(36,6)32(29)16-17-34(30,31)5/h25-26,28-33,38-39,41H,7-24,37H2,1-6H3/t26-,28+,29+,30-,31+,32+,33-,34-,35-,36+/m1/s1. The van der Waals surface area contributed by atoms with Gasteiger partial charge in [0, 0.05) is 24.8 Å². The Labute approximate surface area is 258 Å². The fraction of sp³-hybridized carbons (Fsp3) is 0.972. The predicted molar refractivity (Wildman–Crippen MR) is 173 cm³/mol. The van der Waals surface area contributed by atoms with E-state index in [9.17, 15) is 9.90 Å². The van der Waals surface area contributed by atoms with E-state index < -0.39 is 5.60 Å². The molecular weight excluding hydrogens is 522 g/mol. The average molecular weight is 590 g/mol. The number of hydrogen-bond acceptors (Lipinski definition) is 6. The molecule has 0 aromatic rings. The fourth-order valence-electron chi connectivity index (χ4n) is 10.9. The van der Waals surface area contributed by atoms with Crippen LogP contribution in [0.4, 0.5) is 0 Å². The van der Waals surface area contributed by atoms with Gasteiger partial charge >= 0.3 is 5.97 Å². The number of esters is 1. The Bertz CT molecular complexity index is 868. The first-order valence-electron chi connectivity index (χ1n) is 18.0. The first kappa shape index (κ1) is 34.2. The predicted octanol–water partition coefficient (Wildman–Crippen LogP) is 6.44. The summed E-state index contributed by atoms with van der Waals surface area (Å²) >= 11 is 0. The molecule has 0 amide bonds. The summed E-state index contributed by atoms with van der Waals surface area (Å²) in [6, 6.07) is 0.0529. The molecule has 0 radical (unpaired) electrons. The maximum atomic E-state index is 12.7. The van der Waals surface area contributed by atoms with Gasteiger partial charge in [-0.05, 0) is 131 Å². The van der Waals surface area contributed by atoms with Gasteiger partial charge in [0.15, 0.2) is 0 Å². The molecule has 0 aliphatic heterocycles. The van der Waals surface area contributed by atoms with Crippen LogP contribution in [0.1, 0.15) is 131 Å². The fourth-order valence-corrected chi connectivity index (χ4v) is 10.9. The Hall–Kier alpha value is -0.690. The number of ether oxygens (including phenoxy) is 1. The van der Waals surface area contributed by atoms with Crippen molar-refractivity contribution in [3.8, 4) is 0 Å². The number of nitrogens with two attached hydrogens (primary N) is 1. The molecule has 4 fully saturated rings. The molecule has 244 valence electrons. The second kappa shape index (κ2) is 14.6. The molecular formula is C36H67N3O3. The first-order valence-corrected chi connectivity index (χ1v) is 18.0. The highest BCUT2D eigenvalue weighted by Crippen LogP contribution is 2.69. The van der Waals surface area contributed by atoms with Crippen LogP contribution in [0, 0.1) is 46.3 Å². The number of hydrogen-bond donors (Lipinski definition) is 4. The lowest BCUT2D eigenvalue weighted by Gasteiger charge is -2.66. The maximum absolute atomic E-state index is 12.7. The molecule has 0 unspecified atom stereocenters. The largest absolute Gasteiger partial charge is 0.462 e. The maximum Gasteiger partial charge on any atom is 0.302 e. The minimum absolute atomic E-state index is 0.0529. The molecule has 6 nitrogen and oxygen atoms in total. The summed E-state index contributed by atoms with van der Waals surface area (Å²) in [5.41, 5.74) is 5.06. The molecule has 4 rings (SSSR count). The van der Waals surface area contributed by atoms with E-state index in [4.69, 9.17) is 10.5 Å². The lowest BCUT2D eigenvalue weighted by atomic mass is 9.42. The summed E-state index contributed by atoms with van der Waals surface area (Å²) in [4.78, 5) is 11.9. The van der Waals surface area contributed by atoms with Crippen molar-refractivity contribution >= 4 is 5.97 Å². The zero-order chi connectivity index (χ0) is 30.5. The third-order valence-corrected chi connectivity index (χ3v) is 13.1. The Kier molecular flexibility index (Phi) is 11.9. The monoisotopic (exact) mass is 590 g/mol. The Morgan fingerprint density at radius 3 is 2.40 bits per heavy atom. The van der Waals surface area contributed by atoms with Crippen LogP contribution >= 0.6 is 0 Å². The molecule has 6 heteroatoms. The normalized spacial score (nSPS) is 40.3. The van der Waals surface area contributed by atoms with Crippen LogP contribution in [0.3, 0.4) is 0 Å². The van der Waals surface area contributed by atoms with Crippen molar-refractivity contribution in [2.75, 3.05) is 26.2 Å². The van der Waals surface area contributed by atoms with Gasteiger partial charge in [0.05, 0.1) is 5.60 Å². The van der Waals surface area contributed by atoms with Crippen LogP contribution in [0.2, 0.25) is 0 Å². The van der Waals surface area contributed by atoms with Crippen LogP contribution < -0.4 is 16.4 Å². The Morgan fingerprint density at radius 2 is 1.69 bits per heavy atom. The van der Waals surface area contributed by atoms with Crippen molar-refractivity contribution in [2.24, 2.45) is 52.1 Å². The van der Waals surface area contributed by atoms with Crippen molar-refractivity contribution in [2.45, 2.75) is 149 Å². The third kappa shape index (κ3) is 7.07. The van der Waals surface area contributed by atoms with Crippen molar-refractivity contribution in [3.63, 3.8) is 0 Å². The van der Waals surface area contributed by atoms with Crippen molar-refractivity contribution in [3.05, 3.63) is 0 Å². The molecule has 0 spiro atoms. The number of carbonyl (C=O) groups is 1. The Balaban J connectivity index is 1.49. The molecule has 4 aliphatic carbocycles. The van der Waals surface area contributed by atoms with E-state index in [1.807, 2.05) is 0 Å². The van der Waals surface area contributed by atoms with Crippen molar-refractivity contribution in [1.82, 2.24) is 10.6 Å². The van der Waals surface area contributed by atoms with E-state index in [0.29, 0.717) is 23.7 Å². The quantitative estimate of drug-likeness (QED) is 0.130. The zero-order valence-electron chi connectivity index (χ0n) is 28.2. The van der Waals surface area contributed by atoms with Crippen molar-refractivity contribution in [1.29, 1.82) is 0 Å². The van der Waals surface area contributed by atoms with E-state index in [0.717, 1.165) is 88.4 Å². The SMILES string of the molecule is CC(=O)O[C@H]1CC[C@]2(C)[C@H]3CC[C@]4(C)[C@@H]([C@H](C)CCCC(C)C)CC[C@H]4[C@@H]3C[C@@H](NCCCCNCCCN)[C@@]2(O)C1. The van der Waals surface area contributed by atoms with E-state index >= 15 is 0 Å². The van der Waals surface area contributed by atoms with E-state index in [1.54, 1.807) is 0 Å². The van der Waals surface area contributed by atoms with E-state index in [-0.39, 0.29) is 23.5 Å². The van der Waals surface area contributed by atoms with Gasteiger partial charge < -0.3 is 26.2 Å². The van der Waals surface area contributed by atoms with E-state index in [1.165, 1.54) is 51.9 Å². The van der Waals surface area contributed by atoms with Gasteiger partial charge in [-0.3, -0.25) is 4.79 Å². The molecule has 4 saturated carbocycles. The van der Waals surface area contributed by atoms with Gasteiger partial charge in [-0.1, -0.05) is 53.9 Å². The van der Waals surface area contributed by atoms with Gasteiger partial charge in [0.1, 0.15) is 6.10 Å². The lowest BCUT2D eigenvalue weighted by molar-refractivity contribution is -0.237. The average Bonchev–Trinajstić information content (AvgIpc) is 3.28. The van der Waals surface area contributed by atoms with Crippen LogP contribution in [0.25, 0.3) is 0 Å². The summed E-state index contributed by atoms with van der Waals surface area (Å²) in [5, 5.41) is 20.2. The number of aliphatic hydroxyl groups is 1. The van der Waals surface area contributed by atoms with Crippen molar-refractivity contribution < 1.29 is 14.6 Å². The van der Waals surface area contributed by atoms with Crippen LogP contribution in [-0.2, 0) is 9.53 Å². The van der Waals surface area contributed by atoms with Crippen LogP contribution in [0.15, 0.2) is 0 Å². The van der Waals surface area contributed by atoms with Gasteiger partial charge in [0.2, 0.25) is 0 Å². The summed E-state index contributed by atoms with van der Waals surface area (Å²) in [5.74, 6) is 4.20. The highest BCUT2D eigenvalue weighted by molar-refractivity contribution is 5.66. The topological polar surface area (TPSA) is 96.6 Å². The van der Waals surface area contributed by atoms with Gasteiger partial charge in [0.25, 0.3) is 0 Å². The summed E-state index contributed by atoms with van der Waals surface area (Å²) in [6.07, 6.45) is 15.9. The first-order chi connectivity index (χ1) is 20.0. The second-order valence-electron chi connectivity index (χ2n) is 16.1. The molecule has 10 atom stereocenters. The highest BCUT2D eigenvalue weighted by Gasteiger charge is 2.67.